The molecular formula is C13H21F3. The molecule has 1 aliphatic rings. The molecule has 0 nitrogen and oxygen atoms in total. The van der Waals surface area contributed by atoms with Crippen molar-refractivity contribution < 1.29 is 13.2 Å². The van der Waals surface area contributed by atoms with Gasteiger partial charge in [-0.1, -0.05) is 57.1 Å². The SMILES string of the molecule is CCCCCCCCCC1=CC1C(F)(F)F. The van der Waals surface area contributed by atoms with Crippen molar-refractivity contribution in [3.8, 4) is 0 Å². The van der Waals surface area contributed by atoms with E-state index < -0.39 is 12.1 Å². The minimum absolute atomic E-state index is 0.612. The molecule has 0 aromatic heterocycles. The van der Waals surface area contributed by atoms with Crippen LogP contribution in [-0.2, 0) is 0 Å². The van der Waals surface area contributed by atoms with Gasteiger partial charge < -0.3 is 0 Å². The normalized spacial score (nSPS) is 19.8. The highest BCUT2D eigenvalue weighted by Crippen LogP contribution is 2.45. The molecule has 3 heteroatoms. The van der Waals surface area contributed by atoms with E-state index in [1.165, 1.54) is 38.2 Å². The Labute approximate surface area is 95.9 Å². The first-order chi connectivity index (χ1) is 7.55. The predicted molar refractivity (Wildman–Crippen MR) is 60.2 cm³/mol. The maximum Gasteiger partial charge on any atom is 0.398 e. The zero-order valence-electron chi connectivity index (χ0n) is 9.95. The lowest BCUT2D eigenvalue weighted by molar-refractivity contribution is -0.142. The second kappa shape index (κ2) is 6.31. The molecule has 1 rings (SSSR count). The molecule has 1 unspecified atom stereocenters. The van der Waals surface area contributed by atoms with Crippen molar-refractivity contribution in [3.05, 3.63) is 11.6 Å². The molecule has 0 saturated heterocycles. The number of hydrogen-bond acceptors (Lipinski definition) is 0. The lowest BCUT2D eigenvalue weighted by Crippen LogP contribution is -2.12. The lowest BCUT2D eigenvalue weighted by Gasteiger charge is -2.05. The Morgan fingerprint density at radius 1 is 1.00 bits per heavy atom. The van der Waals surface area contributed by atoms with E-state index in [0.29, 0.717) is 12.0 Å². The maximum absolute atomic E-state index is 12.2. The molecule has 0 aromatic rings. The van der Waals surface area contributed by atoms with E-state index in [1.54, 1.807) is 0 Å². The van der Waals surface area contributed by atoms with Crippen molar-refractivity contribution in [3.63, 3.8) is 0 Å². The van der Waals surface area contributed by atoms with Crippen LogP contribution in [0.25, 0.3) is 0 Å². The average Bonchev–Trinajstić information content (AvgIpc) is 2.95. The van der Waals surface area contributed by atoms with Gasteiger partial charge in [-0.3, -0.25) is 0 Å². The number of alkyl halides is 3. The van der Waals surface area contributed by atoms with Crippen LogP contribution in [0.2, 0.25) is 0 Å². The summed E-state index contributed by atoms with van der Waals surface area (Å²) in [5, 5.41) is 0. The molecule has 0 aromatic carbocycles. The smallest absolute Gasteiger partial charge is 0.170 e. The van der Waals surface area contributed by atoms with E-state index in [-0.39, 0.29) is 0 Å². The van der Waals surface area contributed by atoms with Crippen molar-refractivity contribution in [2.24, 2.45) is 5.92 Å². The molecule has 0 N–H and O–H groups in total. The first kappa shape index (κ1) is 13.6. The number of unbranched alkanes of at least 4 members (excludes halogenated alkanes) is 6. The first-order valence-corrected chi connectivity index (χ1v) is 6.33. The van der Waals surface area contributed by atoms with Gasteiger partial charge in [0.25, 0.3) is 0 Å². The molecule has 94 valence electrons. The molecule has 0 radical (unpaired) electrons. The van der Waals surface area contributed by atoms with Gasteiger partial charge in [-0.15, -0.1) is 0 Å². The fraction of sp³-hybridized carbons (Fsp3) is 0.846. The molecule has 0 fully saturated rings. The van der Waals surface area contributed by atoms with Crippen molar-refractivity contribution >= 4 is 0 Å². The Kier molecular flexibility index (Phi) is 5.36. The Morgan fingerprint density at radius 2 is 1.56 bits per heavy atom. The van der Waals surface area contributed by atoms with E-state index in [2.05, 4.69) is 6.92 Å². The van der Waals surface area contributed by atoms with E-state index in [9.17, 15) is 13.2 Å². The number of rotatable bonds is 8. The van der Waals surface area contributed by atoms with Crippen LogP contribution >= 0.6 is 0 Å². The van der Waals surface area contributed by atoms with E-state index in [0.717, 1.165) is 12.8 Å². The summed E-state index contributed by atoms with van der Waals surface area (Å²) in [6.07, 6.45) is 6.17. The van der Waals surface area contributed by atoms with E-state index in [4.69, 9.17) is 0 Å². The van der Waals surface area contributed by atoms with Gasteiger partial charge in [0, 0.05) is 0 Å². The van der Waals surface area contributed by atoms with Crippen molar-refractivity contribution in [2.45, 2.75) is 64.5 Å². The molecule has 0 bridgehead atoms. The zero-order valence-corrected chi connectivity index (χ0v) is 9.95. The summed E-state index contributed by atoms with van der Waals surface area (Å²) >= 11 is 0. The topological polar surface area (TPSA) is 0 Å². The van der Waals surface area contributed by atoms with Gasteiger partial charge in [-0.2, -0.15) is 13.2 Å². The molecule has 1 atom stereocenters. The number of halogens is 3. The van der Waals surface area contributed by atoms with Gasteiger partial charge in [0.2, 0.25) is 0 Å². The largest absolute Gasteiger partial charge is 0.398 e. The van der Waals surface area contributed by atoms with Gasteiger partial charge in [0.15, 0.2) is 0 Å². The maximum atomic E-state index is 12.2. The highest BCUT2D eigenvalue weighted by molar-refractivity contribution is 5.31. The zero-order chi connectivity index (χ0) is 12.0. The van der Waals surface area contributed by atoms with Gasteiger partial charge in [0.1, 0.15) is 0 Å². The van der Waals surface area contributed by atoms with Gasteiger partial charge in [0.05, 0.1) is 5.92 Å². The third-order valence-corrected chi connectivity index (χ3v) is 3.09. The highest BCUT2D eigenvalue weighted by atomic mass is 19.4. The molecule has 1 aliphatic carbocycles. The fourth-order valence-electron chi connectivity index (χ4n) is 2.00. The molecule has 0 heterocycles. The van der Waals surface area contributed by atoms with Crippen LogP contribution in [0.1, 0.15) is 58.3 Å². The van der Waals surface area contributed by atoms with Gasteiger partial charge in [-0.05, 0) is 12.8 Å². The van der Waals surface area contributed by atoms with Crippen LogP contribution in [0.5, 0.6) is 0 Å². The summed E-state index contributed by atoms with van der Waals surface area (Å²) < 4.78 is 36.5. The summed E-state index contributed by atoms with van der Waals surface area (Å²) in [4.78, 5) is 0. The number of hydrogen-bond donors (Lipinski definition) is 0. The molecule has 16 heavy (non-hydrogen) atoms. The van der Waals surface area contributed by atoms with Crippen LogP contribution in [0.4, 0.5) is 13.2 Å². The van der Waals surface area contributed by atoms with Crippen LogP contribution in [0.15, 0.2) is 11.6 Å². The van der Waals surface area contributed by atoms with Crippen LogP contribution in [0, 0.1) is 5.92 Å². The third kappa shape index (κ3) is 5.04. The standard InChI is InChI=1S/C13H21F3/c1-2-3-4-5-6-7-8-9-11-10-12(11)13(14,15)16/h10,12H,2-9H2,1H3. The summed E-state index contributed by atoms with van der Waals surface area (Å²) in [5.41, 5.74) is 0.612. The van der Waals surface area contributed by atoms with Crippen LogP contribution < -0.4 is 0 Å². The summed E-state index contributed by atoms with van der Waals surface area (Å²) in [6, 6.07) is 0. The fourth-order valence-corrected chi connectivity index (χ4v) is 2.00. The van der Waals surface area contributed by atoms with Gasteiger partial charge >= 0.3 is 6.18 Å². The summed E-state index contributed by atoms with van der Waals surface area (Å²) in [5.74, 6) is -1.17. The summed E-state index contributed by atoms with van der Waals surface area (Å²) in [6.45, 7) is 2.18. The first-order valence-electron chi connectivity index (χ1n) is 6.33. The highest BCUT2D eigenvalue weighted by Gasteiger charge is 2.47. The Morgan fingerprint density at radius 3 is 2.06 bits per heavy atom. The number of allylic oxidation sites excluding steroid dienone is 2. The Balaban J connectivity index is 1.89. The average molecular weight is 234 g/mol. The second-order valence-electron chi connectivity index (χ2n) is 4.63. The van der Waals surface area contributed by atoms with Crippen LogP contribution in [-0.4, -0.2) is 6.18 Å². The molecule has 0 amide bonds. The molecular weight excluding hydrogens is 213 g/mol. The van der Waals surface area contributed by atoms with Crippen molar-refractivity contribution in [2.75, 3.05) is 0 Å². The van der Waals surface area contributed by atoms with Crippen molar-refractivity contribution in [1.82, 2.24) is 0 Å². The molecule has 0 spiro atoms. The minimum atomic E-state index is -4.02. The quantitative estimate of drug-likeness (QED) is 0.397. The van der Waals surface area contributed by atoms with E-state index >= 15 is 0 Å². The van der Waals surface area contributed by atoms with E-state index in [1.807, 2.05) is 0 Å². The molecule has 0 saturated carbocycles. The molecule has 0 aliphatic heterocycles. The van der Waals surface area contributed by atoms with Crippen molar-refractivity contribution in [1.29, 1.82) is 0 Å². The van der Waals surface area contributed by atoms with Gasteiger partial charge in [-0.25, -0.2) is 0 Å². The Bertz CT molecular complexity index is 228. The lowest BCUT2D eigenvalue weighted by atomic mass is 10.1. The Hall–Kier alpha value is -0.470. The minimum Gasteiger partial charge on any atom is -0.170 e. The predicted octanol–water partition coefficient (Wildman–Crippen LogP) is 5.25. The second-order valence-corrected chi connectivity index (χ2v) is 4.63. The monoisotopic (exact) mass is 234 g/mol. The summed E-state index contributed by atoms with van der Waals surface area (Å²) in [7, 11) is 0. The third-order valence-electron chi connectivity index (χ3n) is 3.09. The van der Waals surface area contributed by atoms with Crippen LogP contribution in [0.3, 0.4) is 0 Å².